The van der Waals surface area contributed by atoms with Gasteiger partial charge in [-0.05, 0) is 12.1 Å². The molecule has 96 valence electrons. The average molecular weight is 253 g/mol. The molecule has 1 aromatic carbocycles. The molecule has 3 nitrogen and oxygen atoms in total. The van der Waals surface area contributed by atoms with Gasteiger partial charge < -0.3 is 10.4 Å². The molecule has 0 heterocycles. The van der Waals surface area contributed by atoms with E-state index in [0.717, 1.165) is 12.1 Å². The van der Waals surface area contributed by atoms with Gasteiger partial charge in [0.15, 0.2) is 0 Å². The summed E-state index contributed by atoms with van der Waals surface area (Å²) in [4.78, 5) is 10.6. The van der Waals surface area contributed by atoms with Crippen LogP contribution in [0.3, 0.4) is 0 Å². The molecule has 1 aromatic rings. The van der Waals surface area contributed by atoms with Gasteiger partial charge >= 0.3 is 0 Å². The van der Waals surface area contributed by atoms with Crippen molar-refractivity contribution in [1.29, 1.82) is 0 Å². The second-order valence-corrected chi connectivity index (χ2v) is 3.61. The molecule has 0 unspecified atom stereocenters. The molecule has 0 atom stereocenters. The Bertz CT molecular complexity index is 480. The Morgan fingerprint density at radius 1 is 1.39 bits per heavy atom. The summed E-state index contributed by atoms with van der Waals surface area (Å²) >= 11 is 0. The van der Waals surface area contributed by atoms with Gasteiger partial charge in [0.25, 0.3) is 0 Å². The van der Waals surface area contributed by atoms with E-state index in [0.29, 0.717) is 13.0 Å². The molecule has 0 saturated heterocycles. The van der Waals surface area contributed by atoms with E-state index in [9.17, 15) is 13.6 Å². The highest BCUT2D eigenvalue weighted by Gasteiger charge is 2.08. The molecule has 0 bridgehead atoms. The number of rotatable bonds is 3. The number of amides is 1. The zero-order valence-corrected chi connectivity index (χ0v) is 9.89. The first-order valence-corrected chi connectivity index (χ1v) is 5.36. The van der Waals surface area contributed by atoms with Crippen LogP contribution in [-0.2, 0) is 11.4 Å². The van der Waals surface area contributed by atoms with Crippen molar-refractivity contribution in [3.63, 3.8) is 0 Å². The molecule has 0 aliphatic rings. The Balaban J connectivity index is 2.69. The summed E-state index contributed by atoms with van der Waals surface area (Å²) in [6, 6.07) is 2.14. The van der Waals surface area contributed by atoms with Gasteiger partial charge in [-0.25, -0.2) is 8.78 Å². The van der Waals surface area contributed by atoms with Crippen LogP contribution in [0.25, 0.3) is 0 Å². The Morgan fingerprint density at radius 2 is 2.00 bits per heavy atom. The number of carbonyl (C=O) groups is 1. The summed E-state index contributed by atoms with van der Waals surface area (Å²) in [5, 5.41) is 11.3. The highest BCUT2D eigenvalue weighted by atomic mass is 19.1. The van der Waals surface area contributed by atoms with E-state index >= 15 is 0 Å². The quantitative estimate of drug-likeness (QED) is 0.630. The Labute approximate surface area is 104 Å². The van der Waals surface area contributed by atoms with Crippen molar-refractivity contribution in [2.24, 2.45) is 0 Å². The molecule has 1 amide bonds. The van der Waals surface area contributed by atoms with E-state index in [2.05, 4.69) is 17.2 Å². The molecular formula is C13H13F2NO2. The predicted molar refractivity (Wildman–Crippen MR) is 62.5 cm³/mol. The number of hydrogen-bond donors (Lipinski definition) is 2. The van der Waals surface area contributed by atoms with Gasteiger partial charge in [0.05, 0.1) is 6.61 Å². The van der Waals surface area contributed by atoms with Crippen molar-refractivity contribution in [3.05, 3.63) is 34.9 Å². The highest BCUT2D eigenvalue weighted by molar-refractivity contribution is 5.72. The fourth-order valence-electron chi connectivity index (χ4n) is 1.29. The van der Waals surface area contributed by atoms with Crippen molar-refractivity contribution < 1.29 is 18.7 Å². The van der Waals surface area contributed by atoms with Crippen LogP contribution in [0.2, 0.25) is 0 Å². The fourth-order valence-corrected chi connectivity index (χ4v) is 1.29. The molecule has 1 rings (SSSR count). The molecule has 0 aliphatic heterocycles. The summed E-state index contributed by atoms with van der Waals surface area (Å²) in [7, 11) is 0. The first kappa shape index (κ1) is 14.1. The van der Waals surface area contributed by atoms with Crippen LogP contribution in [0.4, 0.5) is 8.78 Å². The van der Waals surface area contributed by atoms with E-state index in [1.165, 1.54) is 6.92 Å². The van der Waals surface area contributed by atoms with Gasteiger partial charge in [0.2, 0.25) is 5.91 Å². The van der Waals surface area contributed by atoms with Gasteiger partial charge in [0, 0.05) is 31.0 Å². The monoisotopic (exact) mass is 253 g/mol. The zero-order chi connectivity index (χ0) is 13.5. The first-order chi connectivity index (χ1) is 8.54. The van der Waals surface area contributed by atoms with Crippen LogP contribution in [0.5, 0.6) is 0 Å². The largest absolute Gasteiger partial charge is 0.391 e. The minimum absolute atomic E-state index is 0.152. The van der Waals surface area contributed by atoms with E-state index < -0.39 is 18.2 Å². The lowest BCUT2D eigenvalue weighted by Gasteiger charge is -2.01. The SMILES string of the molecule is CC(=O)NCCC#Cc1cc(F)c(CO)c(F)c1. The maximum Gasteiger partial charge on any atom is 0.216 e. The summed E-state index contributed by atoms with van der Waals surface area (Å²) in [5.74, 6) is 3.49. The van der Waals surface area contributed by atoms with Crippen LogP contribution < -0.4 is 5.32 Å². The maximum atomic E-state index is 13.3. The van der Waals surface area contributed by atoms with Crippen molar-refractivity contribution in [2.75, 3.05) is 6.54 Å². The number of carbonyl (C=O) groups excluding carboxylic acids is 1. The number of halogens is 2. The second-order valence-electron chi connectivity index (χ2n) is 3.61. The van der Waals surface area contributed by atoms with Crippen molar-refractivity contribution in [1.82, 2.24) is 5.32 Å². The molecule has 0 saturated carbocycles. The third kappa shape index (κ3) is 4.15. The van der Waals surface area contributed by atoms with Gasteiger partial charge in [-0.15, -0.1) is 0 Å². The summed E-state index contributed by atoms with van der Waals surface area (Å²) in [5.41, 5.74) is -0.163. The number of hydrogen-bond acceptors (Lipinski definition) is 2. The van der Waals surface area contributed by atoms with E-state index in [1.54, 1.807) is 0 Å². The Morgan fingerprint density at radius 3 is 2.50 bits per heavy atom. The summed E-state index contributed by atoms with van der Waals surface area (Å²) < 4.78 is 26.5. The van der Waals surface area contributed by atoms with Crippen LogP contribution in [0.15, 0.2) is 12.1 Å². The summed E-state index contributed by atoms with van der Waals surface area (Å²) in [6.45, 7) is 1.10. The first-order valence-electron chi connectivity index (χ1n) is 5.36. The summed E-state index contributed by atoms with van der Waals surface area (Å²) in [6.07, 6.45) is 0.393. The topological polar surface area (TPSA) is 49.3 Å². The molecule has 0 spiro atoms. The number of aliphatic hydroxyl groups excluding tert-OH is 1. The Kier molecular flexibility index (Phi) is 5.28. The molecule has 5 heteroatoms. The lowest BCUT2D eigenvalue weighted by Crippen LogP contribution is -2.20. The fraction of sp³-hybridized carbons (Fsp3) is 0.308. The van der Waals surface area contributed by atoms with Gasteiger partial charge in [-0.2, -0.15) is 0 Å². The van der Waals surface area contributed by atoms with Crippen LogP contribution in [0.1, 0.15) is 24.5 Å². The van der Waals surface area contributed by atoms with Gasteiger partial charge in [-0.3, -0.25) is 4.79 Å². The van der Waals surface area contributed by atoms with Crippen molar-refractivity contribution in [2.45, 2.75) is 20.0 Å². The number of aliphatic hydroxyl groups is 1. The van der Waals surface area contributed by atoms with E-state index in [4.69, 9.17) is 5.11 Å². The molecule has 0 radical (unpaired) electrons. The molecule has 18 heavy (non-hydrogen) atoms. The predicted octanol–water partition coefficient (Wildman–Crippen LogP) is 1.33. The third-order valence-corrected chi connectivity index (χ3v) is 2.16. The molecule has 0 aliphatic carbocycles. The van der Waals surface area contributed by atoms with E-state index in [1.807, 2.05) is 0 Å². The van der Waals surface area contributed by atoms with Crippen LogP contribution in [0, 0.1) is 23.5 Å². The number of nitrogens with one attached hydrogen (secondary N) is 1. The molecule has 2 N–H and O–H groups in total. The minimum atomic E-state index is -0.816. The average Bonchev–Trinajstić information content (AvgIpc) is 2.27. The smallest absolute Gasteiger partial charge is 0.216 e. The number of benzene rings is 1. The van der Waals surface area contributed by atoms with Crippen LogP contribution in [-0.4, -0.2) is 17.6 Å². The minimum Gasteiger partial charge on any atom is -0.391 e. The van der Waals surface area contributed by atoms with Crippen LogP contribution >= 0.6 is 0 Å². The molecule has 0 aromatic heterocycles. The molecular weight excluding hydrogens is 240 g/mol. The lowest BCUT2D eigenvalue weighted by atomic mass is 10.1. The van der Waals surface area contributed by atoms with Crippen molar-refractivity contribution in [3.8, 4) is 11.8 Å². The Hall–Kier alpha value is -1.93. The maximum absolute atomic E-state index is 13.3. The second kappa shape index (κ2) is 6.72. The van der Waals surface area contributed by atoms with Crippen molar-refractivity contribution >= 4 is 5.91 Å². The van der Waals surface area contributed by atoms with E-state index in [-0.39, 0.29) is 17.0 Å². The van der Waals surface area contributed by atoms with Gasteiger partial charge in [0.1, 0.15) is 11.6 Å². The van der Waals surface area contributed by atoms with Gasteiger partial charge in [-0.1, -0.05) is 11.8 Å². The lowest BCUT2D eigenvalue weighted by molar-refractivity contribution is -0.118. The zero-order valence-electron chi connectivity index (χ0n) is 9.89. The standard InChI is InChI=1S/C13H13F2NO2/c1-9(18)16-5-3-2-4-10-6-12(14)11(8-17)13(15)7-10/h6-7,17H,3,5,8H2,1H3,(H,16,18). The molecule has 0 fully saturated rings. The third-order valence-electron chi connectivity index (χ3n) is 2.16. The normalized spacial score (nSPS) is 9.56. The highest BCUT2D eigenvalue weighted by Crippen LogP contribution is 2.14.